The summed E-state index contributed by atoms with van der Waals surface area (Å²) in [5, 5.41) is 28.5. The van der Waals surface area contributed by atoms with Crippen LogP contribution in [0.25, 0.3) is 0 Å². The Morgan fingerprint density at radius 2 is 1.56 bits per heavy atom. The molecule has 0 bridgehead atoms. The number of phenols is 1. The maximum absolute atomic E-state index is 12.9. The summed E-state index contributed by atoms with van der Waals surface area (Å²) in [6, 6.07) is 19.2. The number of anilines is 2. The molecule has 1 atom stereocenters. The number of ether oxygens (including phenoxy) is 1. The third-order valence-corrected chi connectivity index (χ3v) is 8.08. The number of hydrogen-bond donors (Lipinski definition) is 6. The summed E-state index contributed by atoms with van der Waals surface area (Å²) >= 11 is 0. The van der Waals surface area contributed by atoms with Gasteiger partial charge in [0.25, 0.3) is 10.0 Å². The minimum atomic E-state index is -3.82. The first-order valence-corrected chi connectivity index (χ1v) is 16.1. The molecule has 10 nitrogen and oxygen atoms in total. The smallest absolute Gasteiger partial charge is 0.319 e. The second-order valence-electron chi connectivity index (χ2n) is 11.2. The number of phenolic OH excluding ortho intramolecular Hbond substituents is 1. The molecule has 0 saturated carbocycles. The zero-order valence-electron chi connectivity index (χ0n) is 25.1. The monoisotopic (exact) mass is 612 g/mol. The molecule has 3 aromatic rings. The molecule has 3 aromatic carbocycles. The molecule has 0 aromatic heterocycles. The van der Waals surface area contributed by atoms with Gasteiger partial charge in [0.15, 0.2) is 0 Å². The van der Waals surface area contributed by atoms with Crippen LogP contribution in [0.3, 0.4) is 0 Å². The lowest BCUT2D eigenvalue weighted by atomic mass is 9.94. The number of amides is 2. The molecule has 0 radical (unpaired) electrons. The van der Waals surface area contributed by atoms with Crippen LogP contribution in [0.4, 0.5) is 16.2 Å². The van der Waals surface area contributed by atoms with E-state index in [0.717, 1.165) is 31.2 Å². The highest BCUT2D eigenvalue weighted by atomic mass is 32.2. The van der Waals surface area contributed by atoms with Gasteiger partial charge in [-0.2, -0.15) is 0 Å². The molecule has 0 fully saturated rings. The SMILES string of the molecule is CCCCCCNC(=O)Nc1ccc(S(=O)(=O)Nc2ccc(CC(C)(C)NC[C@H](O)COc3ccc(O)cc3)cc2)cc1. The van der Waals surface area contributed by atoms with Gasteiger partial charge >= 0.3 is 6.03 Å². The number of carbonyl (C=O) groups excluding carboxylic acids is 1. The van der Waals surface area contributed by atoms with Crippen molar-refractivity contribution >= 4 is 27.4 Å². The lowest BCUT2D eigenvalue weighted by Crippen LogP contribution is -2.46. The summed E-state index contributed by atoms with van der Waals surface area (Å²) in [4.78, 5) is 12.1. The Labute approximate surface area is 254 Å². The quantitative estimate of drug-likeness (QED) is 0.114. The van der Waals surface area contributed by atoms with Crippen LogP contribution in [-0.2, 0) is 16.4 Å². The van der Waals surface area contributed by atoms with Crippen molar-refractivity contribution in [1.82, 2.24) is 10.6 Å². The van der Waals surface area contributed by atoms with Crippen molar-refractivity contribution in [2.45, 2.75) is 69.4 Å². The van der Waals surface area contributed by atoms with Crippen LogP contribution >= 0.6 is 0 Å². The van der Waals surface area contributed by atoms with Gasteiger partial charge in [-0.15, -0.1) is 0 Å². The van der Waals surface area contributed by atoms with Crippen LogP contribution in [0.5, 0.6) is 11.5 Å². The average molecular weight is 613 g/mol. The second kappa shape index (κ2) is 16.2. The molecule has 3 rings (SSSR count). The van der Waals surface area contributed by atoms with Crippen LogP contribution in [0.2, 0.25) is 0 Å². The maximum Gasteiger partial charge on any atom is 0.319 e. The number of aliphatic hydroxyl groups excluding tert-OH is 1. The number of aliphatic hydroxyl groups is 1. The molecule has 0 aliphatic heterocycles. The van der Waals surface area contributed by atoms with E-state index in [-0.39, 0.29) is 28.8 Å². The molecule has 0 saturated heterocycles. The number of aromatic hydroxyl groups is 1. The molecule has 6 N–H and O–H groups in total. The lowest BCUT2D eigenvalue weighted by Gasteiger charge is -2.28. The van der Waals surface area contributed by atoms with Gasteiger partial charge in [0.1, 0.15) is 24.2 Å². The van der Waals surface area contributed by atoms with Crippen molar-refractivity contribution < 1.29 is 28.2 Å². The van der Waals surface area contributed by atoms with Gasteiger partial charge in [-0.3, -0.25) is 4.72 Å². The summed E-state index contributed by atoms with van der Waals surface area (Å²) < 4.78 is 34.0. The minimum Gasteiger partial charge on any atom is -0.508 e. The topological polar surface area (TPSA) is 149 Å². The molecule has 0 unspecified atom stereocenters. The van der Waals surface area contributed by atoms with Crippen molar-refractivity contribution in [2.75, 3.05) is 29.7 Å². The Hall–Kier alpha value is -3.80. The van der Waals surface area contributed by atoms with Crippen molar-refractivity contribution in [3.63, 3.8) is 0 Å². The Balaban J connectivity index is 1.45. The molecule has 11 heteroatoms. The lowest BCUT2D eigenvalue weighted by molar-refractivity contribution is 0.0988. The molecule has 2 amide bonds. The van der Waals surface area contributed by atoms with E-state index in [4.69, 9.17) is 4.74 Å². The van der Waals surface area contributed by atoms with Crippen LogP contribution in [0.15, 0.2) is 77.7 Å². The van der Waals surface area contributed by atoms with Crippen molar-refractivity contribution in [3.8, 4) is 11.5 Å². The van der Waals surface area contributed by atoms with E-state index in [0.29, 0.717) is 36.6 Å². The highest BCUT2D eigenvalue weighted by molar-refractivity contribution is 7.92. The number of benzene rings is 3. The van der Waals surface area contributed by atoms with Gasteiger partial charge in [-0.25, -0.2) is 13.2 Å². The number of urea groups is 1. The summed E-state index contributed by atoms with van der Waals surface area (Å²) in [5.74, 6) is 0.713. The first-order valence-electron chi connectivity index (χ1n) is 14.6. The fraction of sp³-hybridized carbons (Fsp3) is 0.406. The number of nitrogens with one attached hydrogen (secondary N) is 4. The summed E-state index contributed by atoms with van der Waals surface area (Å²) in [5.41, 5.74) is 1.58. The Kier molecular flexibility index (Phi) is 12.7. The largest absolute Gasteiger partial charge is 0.508 e. The number of carbonyl (C=O) groups is 1. The zero-order chi connectivity index (χ0) is 31.3. The van der Waals surface area contributed by atoms with E-state index >= 15 is 0 Å². The summed E-state index contributed by atoms with van der Waals surface area (Å²) in [6.45, 7) is 7.20. The number of unbranched alkanes of at least 4 members (excludes halogenated alkanes) is 3. The van der Waals surface area contributed by atoms with Crippen molar-refractivity contribution in [3.05, 3.63) is 78.4 Å². The Morgan fingerprint density at radius 3 is 2.21 bits per heavy atom. The predicted octanol–water partition coefficient (Wildman–Crippen LogP) is 5.25. The molecule has 234 valence electrons. The highest BCUT2D eigenvalue weighted by Gasteiger charge is 2.20. The fourth-order valence-electron chi connectivity index (χ4n) is 4.31. The fourth-order valence-corrected chi connectivity index (χ4v) is 5.37. The Morgan fingerprint density at radius 1 is 0.907 bits per heavy atom. The van der Waals surface area contributed by atoms with Gasteiger partial charge in [-0.1, -0.05) is 38.3 Å². The van der Waals surface area contributed by atoms with Crippen LogP contribution in [-0.4, -0.2) is 56.0 Å². The van der Waals surface area contributed by atoms with Crippen molar-refractivity contribution in [1.29, 1.82) is 0 Å². The number of β-amino-alcohol motifs (C(OH)–C–C–N with tert-alkyl or cyclic N) is 1. The van der Waals surface area contributed by atoms with E-state index in [1.165, 1.54) is 24.3 Å². The minimum absolute atomic E-state index is 0.0837. The van der Waals surface area contributed by atoms with E-state index in [1.807, 2.05) is 26.0 Å². The van der Waals surface area contributed by atoms with Crippen LogP contribution < -0.4 is 25.4 Å². The highest BCUT2D eigenvalue weighted by Crippen LogP contribution is 2.21. The predicted molar refractivity (Wildman–Crippen MR) is 170 cm³/mol. The third-order valence-electron chi connectivity index (χ3n) is 6.69. The first-order chi connectivity index (χ1) is 20.5. The number of rotatable bonds is 17. The van der Waals surface area contributed by atoms with E-state index < -0.39 is 16.1 Å². The first kappa shape index (κ1) is 33.7. The van der Waals surface area contributed by atoms with Crippen molar-refractivity contribution in [2.24, 2.45) is 0 Å². The molecule has 0 spiro atoms. The molecule has 0 aliphatic rings. The van der Waals surface area contributed by atoms with Gasteiger partial charge in [0, 0.05) is 30.0 Å². The standard InChI is InChI=1S/C32H44N4O6S/c1-4-5-6-7-20-33-31(39)35-25-12-18-30(19-13-25)43(40,41)36-26-10-8-24(9-11-26)21-32(2,3)34-22-28(38)23-42-29-16-14-27(37)15-17-29/h8-19,28,34,36-38H,4-7,20-23H2,1-3H3,(H2,33,35,39)/t28-/m0/s1. The molecular weight excluding hydrogens is 568 g/mol. The Bertz CT molecular complexity index is 1380. The molecule has 43 heavy (non-hydrogen) atoms. The summed E-state index contributed by atoms with van der Waals surface area (Å²) in [6.07, 6.45) is 4.18. The van der Waals surface area contributed by atoms with E-state index in [1.54, 1.807) is 36.4 Å². The third kappa shape index (κ3) is 12.1. The molecule has 0 aliphatic carbocycles. The number of hydrogen-bond acceptors (Lipinski definition) is 7. The van der Waals surface area contributed by atoms with Gasteiger partial charge in [0.05, 0.1) is 4.90 Å². The van der Waals surface area contributed by atoms with Gasteiger partial charge in [0.2, 0.25) is 0 Å². The van der Waals surface area contributed by atoms with Crippen LogP contribution in [0.1, 0.15) is 52.0 Å². The molecule has 0 heterocycles. The number of sulfonamides is 1. The van der Waals surface area contributed by atoms with Crippen LogP contribution in [0, 0.1) is 0 Å². The normalized spacial score (nSPS) is 12.4. The zero-order valence-corrected chi connectivity index (χ0v) is 25.9. The second-order valence-corrected chi connectivity index (χ2v) is 12.9. The summed E-state index contributed by atoms with van der Waals surface area (Å²) in [7, 11) is -3.82. The molecular formula is C32H44N4O6S. The van der Waals surface area contributed by atoms with E-state index in [9.17, 15) is 23.4 Å². The van der Waals surface area contributed by atoms with E-state index in [2.05, 4.69) is 27.6 Å². The maximum atomic E-state index is 12.9. The van der Waals surface area contributed by atoms with Gasteiger partial charge in [-0.05, 0) is 92.9 Å². The van der Waals surface area contributed by atoms with Gasteiger partial charge < -0.3 is 30.9 Å². The average Bonchev–Trinajstić information content (AvgIpc) is 2.97.